The quantitative estimate of drug-likeness (QED) is 0.603. The van der Waals surface area contributed by atoms with E-state index in [9.17, 15) is 15.0 Å². The lowest BCUT2D eigenvalue weighted by Crippen LogP contribution is -2.32. The van der Waals surface area contributed by atoms with E-state index < -0.39 is 30.2 Å². The van der Waals surface area contributed by atoms with Crippen molar-refractivity contribution in [3.8, 4) is 0 Å². The molecule has 0 saturated carbocycles. The van der Waals surface area contributed by atoms with Crippen LogP contribution >= 0.6 is 0 Å². The zero-order valence-corrected chi connectivity index (χ0v) is 9.35. The highest BCUT2D eigenvalue weighted by atomic mass is 16.5. The Kier molecular flexibility index (Phi) is 3.14. The molecule has 0 aromatic carbocycles. The standard InChI is InChI=1S/C10H15N3O4/c1-5(14)7-4-6(15)9(17-7)13-3-2-8(11)12-10(13)16/h2-3,5-7,9,14-15H,4H2,1H3,(H2,11,12,16). The number of anilines is 1. The van der Waals surface area contributed by atoms with Crippen molar-refractivity contribution >= 4 is 5.82 Å². The summed E-state index contributed by atoms with van der Waals surface area (Å²) in [4.78, 5) is 15.1. The number of ether oxygens (including phenoxy) is 1. The Labute approximate surface area is 97.5 Å². The molecule has 4 N–H and O–H groups in total. The van der Waals surface area contributed by atoms with Gasteiger partial charge in [0.25, 0.3) is 0 Å². The summed E-state index contributed by atoms with van der Waals surface area (Å²) in [7, 11) is 0. The summed E-state index contributed by atoms with van der Waals surface area (Å²) < 4.78 is 6.59. The van der Waals surface area contributed by atoms with Gasteiger partial charge in [-0.05, 0) is 13.0 Å². The summed E-state index contributed by atoms with van der Waals surface area (Å²) in [6, 6.07) is 1.45. The Morgan fingerprint density at radius 1 is 1.71 bits per heavy atom. The Morgan fingerprint density at radius 2 is 2.41 bits per heavy atom. The molecule has 1 aromatic heterocycles. The van der Waals surface area contributed by atoms with Gasteiger partial charge >= 0.3 is 5.69 Å². The smallest absolute Gasteiger partial charge is 0.351 e. The lowest BCUT2D eigenvalue weighted by molar-refractivity contribution is -0.0729. The number of aliphatic hydroxyl groups excluding tert-OH is 2. The second kappa shape index (κ2) is 4.44. The van der Waals surface area contributed by atoms with Crippen molar-refractivity contribution in [3.63, 3.8) is 0 Å². The number of hydrogen-bond donors (Lipinski definition) is 3. The molecule has 0 amide bonds. The third kappa shape index (κ3) is 2.31. The molecule has 1 aliphatic heterocycles. The molecule has 0 radical (unpaired) electrons. The first-order valence-corrected chi connectivity index (χ1v) is 5.35. The van der Waals surface area contributed by atoms with Gasteiger partial charge in [-0.25, -0.2) is 4.79 Å². The second-order valence-electron chi connectivity index (χ2n) is 4.15. The number of nitrogen functional groups attached to an aromatic ring is 1. The van der Waals surface area contributed by atoms with Crippen molar-refractivity contribution < 1.29 is 14.9 Å². The summed E-state index contributed by atoms with van der Waals surface area (Å²) in [6.07, 6.45) is -1.17. The summed E-state index contributed by atoms with van der Waals surface area (Å²) in [5.74, 6) is 0.116. The van der Waals surface area contributed by atoms with Crippen molar-refractivity contribution in [2.75, 3.05) is 5.73 Å². The molecule has 0 spiro atoms. The molecule has 2 rings (SSSR count). The van der Waals surface area contributed by atoms with E-state index in [4.69, 9.17) is 10.5 Å². The Bertz CT molecular complexity index is 459. The highest BCUT2D eigenvalue weighted by Gasteiger charge is 2.37. The van der Waals surface area contributed by atoms with E-state index in [1.54, 1.807) is 6.92 Å². The van der Waals surface area contributed by atoms with E-state index >= 15 is 0 Å². The topological polar surface area (TPSA) is 111 Å². The number of nitrogens with zero attached hydrogens (tertiary/aromatic N) is 2. The van der Waals surface area contributed by atoms with Gasteiger partial charge in [-0.2, -0.15) is 4.98 Å². The normalized spacial score (nSPS) is 30.4. The largest absolute Gasteiger partial charge is 0.391 e. The molecule has 0 bridgehead atoms. The molecular formula is C10H15N3O4. The van der Waals surface area contributed by atoms with Crippen LogP contribution in [0.2, 0.25) is 0 Å². The van der Waals surface area contributed by atoms with E-state index in [0.29, 0.717) is 0 Å². The number of aromatic nitrogens is 2. The van der Waals surface area contributed by atoms with Crippen LogP contribution in [0.1, 0.15) is 19.6 Å². The van der Waals surface area contributed by atoms with Gasteiger partial charge in [0.2, 0.25) is 0 Å². The number of nitrogens with two attached hydrogens (primary N) is 1. The zero-order valence-electron chi connectivity index (χ0n) is 9.35. The second-order valence-corrected chi connectivity index (χ2v) is 4.15. The van der Waals surface area contributed by atoms with Crippen molar-refractivity contribution in [2.24, 2.45) is 0 Å². The van der Waals surface area contributed by atoms with E-state index in [1.165, 1.54) is 16.8 Å². The number of rotatable bonds is 2. The average molecular weight is 241 g/mol. The molecule has 1 aliphatic rings. The summed E-state index contributed by atoms with van der Waals surface area (Å²) in [5, 5.41) is 19.2. The molecule has 0 aliphatic carbocycles. The maximum atomic E-state index is 11.6. The van der Waals surface area contributed by atoms with Crippen LogP contribution in [-0.4, -0.2) is 38.1 Å². The van der Waals surface area contributed by atoms with Crippen molar-refractivity contribution in [2.45, 2.75) is 37.9 Å². The molecule has 17 heavy (non-hydrogen) atoms. The summed E-state index contributed by atoms with van der Waals surface area (Å²) in [5.41, 5.74) is 4.79. The third-order valence-electron chi connectivity index (χ3n) is 2.78. The van der Waals surface area contributed by atoms with E-state index in [0.717, 1.165) is 0 Å². The van der Waals surface area contributed by atoms with Crippen LogP contribution in [0.25, 0.3) is 0 Å². The minimum atomic E-state index is -0.849. The van der Waals surface area contributed by atoms with Crippen LogP contribution in [0.3, 0.4) is 0 Å². The minimum absolute atomic E-state index is 0.116. The van der Waals surface area contributed by atoms with Gasteiger partial charge in [-0.15, -0.1) is 0 Å². The van der Waals surface area contributed by atoms with Crippen LogP contribution in [0.4, 0.5) is 5.82 Å². The predicted octanol–water partition coefficient (Wildman–Crippen LogP) is -1.15. The molecule has 4 unspecified atom stereocenters. The fraction of sp³-hybridized carbons (Fsp3) is 0.600. The van der Waals surface area contributed by atoms with Crippen LogP contribution in [0, 0.1) is 0 Å². The van der Waals surface area contributed by atoms with Crippen LogP contribution in [-0.2, 0) is 4.74 Å². The first-order chi connectivity index (χ1) is 7.99. The number of hydrogen-bond acceptors (Lipinski definition) is 6. The highest BCUT2D eigenvalue weighted by molar-refractivity contribution is 5.23. The molecule has 94 valence electrons. The Morgan fingerprint density at radius 3 is 2.94 bits per heavy atom. The van der Waals surface area contributed by atoms with Crippen molar-refractivity contribution in [1.82, 2.24) is 9.55 Å². The van der Waals surface area contributed by atoms with E-state index in [2.05, 4.69) is 4.98 Å². The van der Waals surface area contributed by atoms with E-state index in [1.807, 2.05) is 0 Å². The zero-order chi connectivity index (χ0) is 12.6. The van der Waals surface area contributed by atoms with Gasteiger partial charge in [0, 0.05) is 12.6 Å². The van der Waals surface area contributed by atoms with Gasteiger partial charge in [0.05, 0.1) is 12.2 Å². The maximum Gasteiger partial charge on any atom is 0.351 e. The van der Waals surface area contributed by atoms with Gasteiger partial charge in [0.15, 0.2) is 6.23 Å². The first kappa shape index (κ1) is 12.0. The van der Waals surface area contributed by atoms with Crippen molar-refractivity contribution in [3.05, 3.63) is 22.7 Å². The molecule has 1 fully saturated rings. The molecule has 4 atom stereocenters. The van der Waals surface area contributed by atoms with Gasteiger partial charge in [-0.1, -0.05) is 0 Å². The summed E-state index contributed by atoms with van der Waals surface area (Å²) in [6.45, 7) is 1.57. The SMILES string of the molecule is CC(O)C1CC(O)C(n2ccc(N)nc2=O)O1. The molecule has 7 nitrogen and oxygen atoms in total. The molecular weight excluding hydrogens is 226 g/mol. The Balaban J connectivity index is 2.26. The van der Waals surface area contributed by atoms with Crippen LogP contribution < -0.4 is 11.4 Å². The first-order valence-electron chi connectivity index (χ1n) is 5.35. The maximum absolute atomic E-state index is 11.6. The monoisotopic (exact) mass is 241 g/mol. The average Bonchev–Trinajstić information content (AvgIpc) is 2.61. The highest BCUT2D eigenvalue weighted by Crippen LogP contribution is 2.29. The van der Waals surface area contributed by atoms with Crippen LogP contribution in [0.15, 0.2) is 17.1 Å². The minimum Gasteiger partial charge on any atom is -0.391 e. The molecule has 7 heteroatoms. The van der Waals surface area contributed by atoms with Gasteiger partial charge in [0.1, 0.15) is 11.9 Å². The lowest BCUT2D eigenvalue weighted by Gasteiger charge is -2.18. The molecule has 1 aromatic rings. The van der Waals surface area contributed by atoms with Gasteiger partial charge in [-0.3, -0.25) is 4.57 Å². The third-order valence-corrected chi connectivity index (χ3v) is 2.78. The molecule has 2 heterocycles. The fourth-order valence-electron chi connectivity index (χ4n) is 1.86. The Hall–Kier alpha value is -1.44. The van der Waals surface area contributed by atoms with Gasteiger partial charge < -0.3 is 20.7 Å². The van der Waals surface area contributed by atoms with Crippen molar-refractivity contribution in [1.29, 1.82) is 0 Å². The van der Waals surface area contributed by atoms with E-state index in [-0.39, 0.29) is 12.2 Å². The lowest BCUT2D eigenvalue weighted by atomic mass is 10.1. The number of aliphatic hydroxyl groups is 2. The molecule has 1 saturated heterocycles. The predicted molar refractivity (Wildman–Crippen MR) is 59.1 cm³/mol. The van der Waals surface area contributed by atoms with Crippen LogP contribution in [0.5, 0.6) is 0 Å². The summed E-state index contributed by atoms with van der Waals surface area (Å²) >= 11 is 0. The fourth-order valence-corrected chi connectivity index (χ4v) is 1.86.